The summed E-state index contributed by atoms with van der Waals surface area (Å²) < 4.78 is 0. The molecular weight excluding hydrogens is 402 g/mol. The summed E-state index contributed by atoms with van der Waals surface area (Å²) in [7, 11) is 0. The maximum absolute atomic E-state index is 5.45. The standard InChI is InChI=1S/C30H41N3/c1-4-11-22-21(3)32(30-20(2)12-9-15-25(22)30)28-18-10-19-29(31-28)33-26-16-7-5-13-23(26)24-14-6-8-17-27(24)33/h5,7,10,13,16,18-22,24-25,27,30H,4,6,8-9,11-12,14-15,17H2,1-3H3/t20?,21?,22?,24?,25?,27?,30-/m1/s1. The fourth-order valence-corrected chi connectivity index (χ4v) is 8.34. The van der Waals surface area contributed by atoms with Crippen LogP contribution in [0.5, 0.6) is 0 Å². The van der Waals surface area contributed by atoms with Gasteiger partial charge in [0.15, 0.2) is 0 Å². The van der Waals surface area contributed by atoms with E-state index in [0.29, 0.717) is 24.0 Å². The van der Waals surface area contributed by atoms with Crippen LogP contribution in [0.3, 0.4) is 0 Å². The molecule has 33 heavy (non-hydrogen) atoms. The van der Waals surface area contributed by atoms with Gasteiger partial charge in [0.1, 0.15) is 11.6 Å². The van der Waals surface area contributed by atoms with Crippen molar-refractivity contribution in [3.05, 3.63) is 48.0 Å². The molecule has 0 amide bonds. The van der Waals surface area contributed by atoms with Gasteiger partial charge in [0, 0.05) is 29.7 Å². The van der Waals surface area contributed by atoms with Crippen molar-refractivity contribution in [1.29, 1.82) is 0 Å². The topological polar surface area (TPSA) is 19.4 Å². The number of para-hydroxylation sites is 1. The molecule has 176 valence electrons. The van der Waals surface area contributed by atoms with Crippen molar-refractivity contribution in [2.45, 2.75) is 103 Å². The van der Waals surface area contributed by atoms with Crippen LogP contribution in [0.1, 0.15) is 90.0 Å². The predicted molar refractivity (Wildman–Crippen MR) is 138 cm³/mol. The highest BCUT2D eigenvalue weighted by Gasteiger charge is 2.50. The third-order valence-corrected chi connectivity index (χ3v) is 9.66. The minimum absolute atomic E-state index is 0.573. The Bertz CT molecular complexity index is 986. The van der Waals surface area contributed by atoms with Crippen LogP contribution in [0.15, 0.2) is 42.5 Å². The van der Waals surface area contributed by atoms with Gasteiger partial charge < -0.3 is 9.80 Å². The highest BCUT2D eigenvalue weighted by atomic mass is 15.3. The van der Waals surface area contributed by atoms with Gasteiger partial charge in [0.2, 0.25) is 0 Å². The maximum Gasteiger partial charge on any atom is 0.135 e. The number of anilines is 3. The van der Waals surface area contributed by atoms with Crippen molar-refractivity contribution in [3.8, 4) is 0 Å². The monoisotopic (exact) mass is 443 g/mol. The molecule has 2 aliphatic carbocycles. The Morgan fingerprint density at radius 3 is 2.58 bits per heavy atom. The Morgan fingerprint density at radius 2 is 1.70 bits per heavy atom. The van der Waals surface area contributed by atoms with Gasteiger partial charge in [-0.3, -0.25) is 0 Å². The van der Waals surface area contributed by atoms with Crippen LogP contribution in [-0.2, 0) is 0 Å². The van der Waals surface area contributed by atoms with Crippen molar-refractivity contribution in [1.82, 2.24) is 4.98 Å². The summed E-state index contributed by atoms with van der Waals surface area (Å²) in [6, 6.07) is 17.8. The SMILES string of the molecule is CCCC1C2CCCC(C)[C@H]2N(c2cccc(N3c4ccccc4C4CCCCC43)n2)C1C. The second kappa shape index (κ2) is 8.64. The largest absolute Gasteiger partial charge is 0.350 e. The summed E-state index contributed by atoms with van der Waals surface area (Å²) in [5.74, 6) is 5.46. The average Bonchev–Trinajstić information content (AvgIpc) is 3.33. The van der Waals surface area contributed by atoms with E-state index in [1.807, 2.05) is 0 Å². The highest BCUT2D eigenvalue weighted by Crippen LogP contribution is 2.52. The number of fused-ring (bicyclic) bond motifs is 4. The molecule has 2 aliphatic heterocycles. The number of hydrogen-bond donors (Lipinski definition) is 0. The zero-order chi connectivity index (χ0) is 22.5. The van der Waals surface area contributed by atoms with Crippen molar-refractivity contribution in [2.24, 2.45) is 17.8 Å². The number of aromatic nitrogens is 1. The third kappa shape index (κ3) is 3.41. The molecule has 0 N–H and O–H groups in total. The van der Waals surface area contributed by atoms with E-state index in [0.717, 1.165) is 17.8 Å². The molecule has 3 heteroatoms. The first-order valence-electron chi connectivity index (χ1n) is 13.8. The van der Waals surface area contributed by atoms with Crippen molar-refractivity contribution in [2.75, 3.05) is 9.80 Å². The molecule has 3 fully saturated rings. The zero-order valence-corrected chi connectivity index (χ0v) is 20.8. The lowest BCUT2D eigenvalue weighted by Gasteiger charge is -2.39. The van der Waals surface area contributed by atoms with E-state index in [9.17, 15) is 0 Å². The third-order valence-electron chi connectivity index (χ3n) is 9.66. The maximum atomic E-state index is 5.45. The van der Waals surface area contributed by atoms with E-state index in [-0.39, 0.29) is 0 Å². The fraction of sp³-hybridized carbons (Fsp3) is 0.633. The van der Waals surface area contributed by atoms with Gasteiger partial charge in [0.05, 0.1) is 0 Å². The van der Waals surface area contributed by atoms with E-state index >= 15 is 0 Å². The summed E-state index contributed by atoms with van der Waals surface area (Å²) in [4.78, 5) is 10.8. The van der Waals surface area contributed by atoms with Crippen LogP contribution in [0.25, 0.3) is 0 Å². The first-order chi connectivity index (χ1) is 16.2. The number of nitrogens with zero attached hydrogens (tertiary/aromatic N) is 3. The van der Waals surface area contributed by atoms with Crippen LogP contribution in [0, 0.1) is 17.8 Å². The van der Waals surface area contributed by atoms with Gasteiger partial charge in [-0.15, -0.1) is 0 Å². The van der Waals surface area contributed by atoms with E-state index in [2.05, 4.69) is 73.0 Å². The normalized spacial score (nSPS) is 35.3. The van der Waals surface area contributed by atoms with Crippen molar-refractivity contribution >= 4 is 17.3 Å². The second-order valence-corrected chi connectivity index (χ2v) is 11.4. The highest BCUT2D eigenvalue weighted by molar-refractivity contribution is 5.72. The van der Waals surface area contributed by atoms with Crippen LogP contribution >= 0.6 is 0 Å². The first-order valence-corrected chi connectivity index (χ1v) is 13.8. The quantitative estimate of drug-likeness (QED) is 0.483. The predicted octanol–water partition coefficient (Wildman–Crippen LogP) is 7.69. The van der Waals surface area contributed by atoms with Gasteiger partial charge in [-0.25, -0.2) is 4.98 Å². The molecule has 2 aromatic rings. The van der Waals surface area contributed by atoms with E-state index < -0.39 is 0 Å². The lowest BCUT2D eigenvalue weighted by Crippen LogP contribution is -2.43. The Labute approximate surface area is 200 Å². The molecule has 3 nitrogen and oxygen atoms in total. The Kier molecular flexibility index (Phi) is 5.63. The van der Waals surface area contributed by atoms with Gasteiger partial charge in [-0.2, -0.15) is 0 Å². The first kappa shape index (κ1) is 21.5. The molecule has 0 radical (unpaired) electrons. The molecule has 4 aliphatic rings. The average molecular weight is 444 g/mol. The van der Waals surface area contributed by atoms with Crippen LogP contribution in [-0.4, -0.2) is 23.1 Å². The molecule has 7 atom stereocenters. The minimum atomic E-state index is 0.573. The summed E-state index contributed by atoms with van der Waals surface area (Å²) in [6.45, 7) is 7.35. The minimum Gasteiger partial charge on any atom is -0.350 e. The van der Waals surface area contributed by atoms with Gasteiger partial charge in [-0.1, -0.05) is 63.8 Å². The molecule has 6 rings (SSSR count). The van der Waals surface area contributed by atoms with Gasteiger partial charge in [0.25, 0.3) is 0 Å². The Balaban J connectivity index is 1.39. The molecule has 1 aromatic heterocycles. The van der Waals surface area contributed by atoms with E-state index in [1.54, 1.807) is 5.56 Å². The number of benzene rings is 1. The smallest absolute Gasteiger partial charge is 0.135 e. The Morgan fingerprint density at radius 1 is 0.879 bits per heavy atom. The molecule has 6 unspecified atom stereocenters. The van der Waals surface area contributed by atoms with Crippen molar-refractivity contribution < 1.29 is 0 Å². The number of hydrogen-bond acceptors (Lipinski definition) is 3. The molecule has 1 saturated heterocycles. The van der Waals surface area contributed by atoms with Crippen LogP contribution in [0.4, 0.5) is 17.3 Å². The molecule has 0 spiro atoms. The summed E-state index contributed by atoms with van der Waals surface area (Å²) in [5.41, 5.74) is 2.95. The van der Waals surface area contributed by atoms with E-state index in [1.165, 1.54) is 75.1 Å². The van der Waals surface area contributed by atoms with Gasteiger partial charge >= 0.3 is 0 Å². The summed E-state index contributed by atoms with van der Waals surface area (Å²) in [6.07, 6.45) is 12.1. The lowest BCUT2D eigenvalue weighted by atomic mass is 9.73. The summed E-state index contributed by atoms with van der Waals surface area (Å²) >= 11 is 0. The fourth-order valence-electron chi connectivity index (χ4n) is 8.34. The zero-order valence-electron chi connectivity index (χ0n) is 20.8. The lowest BCUT2D eigenvalue weighted by molar-refractivity contribution is 0.212. The molecule has 3 heterocycles. The number of pyridine rings is 1. The van der Waals surface area contributed by atoms with Crippen LogP contribution < -0.4 is 9.80 Å². The Hall–Kier alpha value is -2.03. The van der Waals surface area contributed by atoms with Gasteiger partial charge in [-0.05, 0) is 80.5 Å². The van der Waals surface area contributed by atoms with E-state index in [4.69, 9.17) is 4.98 Å². The second-order valence-electron chi connectivity index (χ2n) is 11.4. The molecule has 1 aromatic carbocycles. The summed E-state index contributed by atoms with van der Waals surface area (Å²) in [5, 5.41) is 0. The number of rotatable bonds is 4. The van der Waals surface area contributed by atoms with Crippen LogP contribution in [0.2, 0.25) is 0 Å². The van der Waals surface area contributed by atoms with Crippen molar-refractivity contribution in [3.63, 3.8) is 0 Å². The molecule has 0 bridgehead atoms. The molecular formula is C30H41N3. The molecule has 2 saturated carbocycles.